The molecule has 1 aromatic carbocycles. The molecule has 0 heterocycles. The Hall–Kier alpha value is -1.51. The Morgan fingerprint density at radius 1 is 1.26 bits per heavy atom. The summed E-state index contributed by atoms with van der Waals surface area (Å²) in [6.07, 6.45) is 2.75. The zero-order valence-electron chi connectivity index (χ0n) is 12.3. The highest BCUT2D eigenvalue weighted by molar-refractivity contribution is 5.75. The predicted molar refractivity (Wildman–Crippen MR) is 76.7 cm³/mol. The number of carboxylic acid groups (broad SMARTS) is 1. The van der Waals surface area contributed by atoms with Gasteiger partial charge in [-0.1, -0.05) is 32.9 Å². The lowest BCUT2D eigenvalue weighted by Gasteiger charge is -2.27. The van der Waals surface area contributed by atoms with Gasteiger partial charge in [0.05, 0.1) is 12.5 Å². The maximum atomic E-state index is 11.5. The molecule has 0 aromatic heterocycles. The van der Waals surface area contributed by atoms with Gasteiger partial charge in [0.1, 0.15) is 5.75 Å². The Balaban J connectivity index is 3.07. The first kappa shape index (κ1) is 15.5. The van der Waals surface area contributed by atoms with Crippen molar-refractivity contribution in [2.75, 3.05) is 7.11 Å². The van der Waals surface area contributed by atoms with Crippen LogP contribution in [0.3, 0.4) is 0 Å². The summed E-state index contributed by atoms with van der Waals surface area (Å²) in [6.45, 7) is 5.97. The molecule has 0 saturated carbocycles. The third kappa shape index (κ3) is 3.28. The number of ether oxygens (including phenoxy) is 1. The molecule has 1 N–H and O–H groups in total. The number of hydrogen-bond acceptors (Lipinski definition) is 2. The molecule has 1 rings (SSSR count). The van der Waals surface area contributed by atoms with Crippen LogP contribution in [0, 0.1) is 5.41 Å². The minimum absolute atomic E-state index is 0.576. The van der Waals surface area contributed by atoms with Gasteiger partial charge < -0.3 is 9.84 Å². The fraction of sp³-hybridized carbons (Fsp3) is 0.562. The first-order chi connectivity index (χ1) is 9.02. The van der Waals surface area contributed by atoms with E-state index in [1.165, 1.54) is 0 Å². The zero-order valence-corrected chi connectivity index (χ0v) is 12.3. The number of methoxy groups -OCH3 is 1. The van der Waals surface area contributed by atoms with E-state index >= 15 is 0 Å². The molecule has 0 aliphatic heterocycles. The summed E-state index contributed by atoms with van der Waals surface area (Å²) >= 11 is 0. The molecule has 0 spiro atoms. The molecule has 0 saturated heterocycles. The van der Waals surface area contributed by atoms with Gasteiger partial charge >= 0.3 is 5.97 Å². The monoisotopic (exact) mass is 264 g/mol. The van der Waals surface area contributed by atoms with Crippen LogP contribution in [0.4, 0.5) is 0 Å². The lowest BCUT2D eigenvalue weighted by Crippen LogP contribution is -2.32. The summed E-state index contributed by atoms with van der Waals surface area (Å²) < 4.78 is 5.31. The Kier molecular flexibility index (Phi) is 5.40. The molecule has 106 valence electrons. The Bertz CT molecular complexity index is 434. The van der Waals surface area contributed by atoms with E-state index in [9.17, 15) is 9.90 Å². The van der Waals surface area contributed by atoms with E-state index in [1.807, 2.05) is 26.0 Å². The number of carboxylic acids is 1. The van der Waals surface area contributed by atoms with Crippen molar-refractivity contribution in [2.45, 2.75) is 46.5 Å². The molecule has 19 heavy (non-hydrogen) atoms. The first-order valence-electron chi connectivity index (χ1n) is 6.92. The minimum atomic E-state index is -0.702. The van der Waals surface area contributed by atoms with Gasteiger partial charge in [0.25, 0.3) is 0 Å². The number of benzene rings is 1. The van der Waals surface area contributed by atoms with E-state index < -0.39 is 11.4 Å². The summed E-state index contributed by atoms with van der Waals surface area (Å²) in [5.74, 6) is 0.173. The number of carbonyl (C=O) groups is 1. The van der Waals surface area contributed by atoms with Crippen molar-refractivity contribution in [1.82, 2.24) is 0 Å². The van der Waals surface area contributed by atoms with E-state index in [-0.39, 0.29) is 0 Å². The largest absolute Gasteiger partial charge is 0.496 e. The molecule has 0 atom stereocenters. The van der Waals surface area contributed by atoms with Crippen LogP contribution in [-0.2, 0) is 17.6 Å². The fourth-order valence-electron chi connectivity index (χ4n) is 2.49. The SMILES string of the molecule is CCc1cc(CC(CC)(CC)C(=O)O)ccc1OC. The molecule has 1 aromatic rings. The molecular weight excluding hydrogens is 240 g/mol. The van der Waals surface area contributed by atoms with Crippen molar-refractivity contribution >= 4 is 5.97 Å². The average molecular weight is 264 g/mol. The number of aryl methyl sites for hydroxylation is 1. The summed E-state index contributed by atoms with van der Waals surface area (Å²) in [5, 5.41) is 9.49. The molecule has 0 bridgehead atoms. The van der Waals surface area contributed by atoms with E-state index in [2.05, 4.69) is 13.0 Å². The first-order valence-corrected chi connectivity index (χ1v) is 6.92. The second-order valence-electron chi connectivity index (χ2n) is 4.97. The van der Waals surface area contributed by atoms with Crippen LogP contribution in [0.15, 0.2) is 18.2 Å². The zero-order chi connectivity index (χ0) is 14.5. The Morgan fingerprint density at radius 2 is 1.89 bits per heavy atom. The molecule has 0 fully saturated rings. The standard InChI is InChI=1S/C16H24O3/c1-5-13-10-12(8-9-14(13)19-4)11-16(6-2,7-3)15(17)18/h8-10H,5-7,11H2,1-4H3,(H,17,18). The van der Waals surface area contributed by atoms with Gasteiger partial charge in [-0.25, -0.2) is 0 Å². The van der Waals surface area contributed by atoms with Crippen molar-refractivity contribution < 1.29 is 14.6 Å². The van der Waals surface area contributed by atoms with Crippen LogP contribution in [-0.4, -0.2) is 18.2 Å². The van der Waals surface area contributed by atoms with Crippen molar-refractivity contribution in [3.63, 3.8) is 0 Å². The third-order valence-electron chi connectivity index (χ3n) is 4.08. The van der Waals surface area contributed by atoms with Gasteiger partial charge in [-0.05, 0) is 42.9 Å². The van der Waals surface area contributed by atoms with E-state index in [1.54, 1.807) is 7.11 Å². The molecule has 0 amide bonds. The minimum Gasteiger partial charge on any atom is -0.496 e. The van der Waals surface area contributed by atoms with Crippen LogP contribution in [0.5, 0.6) is 5.75 Å². The maximum Gasteiger partial charge on any atom is 0.309 e. The van der Waals surface area contributed by atoms with E-state index in [0.29, 0.717) is 19.3 Å². The van der Waals surface area contributed by atoms with Crippen LogP contribution in [0.2, 0.25) is 0 Å². The van der Waals surface area contributed by atoms with Crippen molar-refractivity contribution in [3.8, 4) is 5.75 Å². The second kappa shape index (κ2) is 6.60. The molecule has 0 aliphatic carbocycles. The van der Waals surface area contributed by atoms with Crippen LogP contribution < -0.4 is 4.74 Å². The lowest BCUT2D eigenvalue weighted by molar-refractivity contribution is -0.149. The van der Waals surface area contributed by atoms with Gasteiger partial charge in [-0.2, -0.15) is 0 Å². The van der Waals surface area contributed by atoms with Gasteiger partial charge in [-0.3, -0.25) is 4.79 Å². The van der Waals surface area contributed by atoms with Crippen LogP contribution in [0.25, 0.3) is 0 Å². The molecule has 0 aliphatic rings. The van der Waals surface area contributed by atoms with Crippen molar-refractivity contribution in [3.05, 3.63) is 29.3 Å². The summed E-state index contributed by atoms with van der Waals surface area (Å²) in [7, 11) is 1.66. The number of aliphatic carboxylic acids is 1. The quantitative estimate of drug-likeness (QED) is 0.817. The normalized spacial score (nSPS) is 11.4. The van der Waals surface area contributed by atoms with Crippen molar-refractivity contribution in [1.29, 1.82) is 0 Å². The predicted octanol–water partition coefficient (Wildman–Crippen LogP) is 3.69. The average Bonchev–Trinajstić information content (AvgIpc) is 2.44. The van der Waals surface area contributed by atoms with E-state index in [4.69, 9.17) is 4.74 Å². The fourth-order valence-corrected chi connectivity index (χ4v) is 2.49. The Morgan fingerprint density at radius 3 is 2.32 bits per heavy atom. The molecular formula is C16H24O3. The number of hydrogen-bond donors (Lipinski definition) is 1. The summed E-state index contributed by atoms with van der Waals surface area (Å²) in [6, 6.07) is 5.98. The highest BCUT2D eigenvalue weighted by Crippen LogP contribution is 2.32. The van der Waals surface area contributed by atoms with Crippen LogP contribution >= 0.6 is 0 Å². The maximum absolute atomic E-state index is 11.5. The number of rotatable bonds is 7. The second-order valence-corrected chi connectivity index (χ2v) is 4.97. The lowest BCUT2D eigenvalue weighted by atomic mass is 9.77. The molecule has 3 heteroatoms. The Labute approximate surface area is 115 Å². The van der Waals surface area contributed by atoms with E-state index in [0.717, 1.165) is 23.3 Å². The smallest absolute Gasteiger partial charge is 0.309 e. The van der Waals surface area contributed by atoms with Gasteiger partial charge in [0.15, 0.2) is 0 Å². The topological polar surface area (TPSA) is 46.5 Å². The van der Waals surface area contributed by atoms with Crippen molar-refractivity contribution in [2.24, 2.45) is 5.41 Å². The van der Waals surface area contributed by atoms with Gasteiger partial charge in [0.2, 0.25) is 0 Å². The van der Waals surface area contributed by atoms with Gasteiger partial charge in [-0.15, -0.1) is 0 Å². The highest BCUT2D eigenvalue weighted by atomic mass is 16.5. The third-order valence-corrected chi connectivity index (χ3v) is 4.08. The van der Waals surface area contributed by atoms with Crippen LogP contribution in [0.1, 0.15) is 44.7 Å². The van der Waals surface area contributed by atoms with Gasteiger partial charge in [0, 0.05) is 0 Å². The summed E-state index contributed by atoms with van der Waals surface area (Å²) in [5.41, 5.74) is 1.55. The molecule has 0 unspecified atom stereocenters. The highest BCUT2D eigenvalue weighted by Gasteiger charge is 2.34. The molecule has 3 nitrogen and oxygen atoms in total. The summed E-state index contributed by atoms with van der Waals surface area (Å²) in [4.78, 5) is 11.5. The molecule has 0 radical (unpaired) electrons.